The van der Waals surface area contributed by atoms with E-state index in [2.05, 4.69) is 35.6 Å². The molecule has 3 saturated heterocycles. The molecule has 3 aliphatic rings. The summed E-state index contributed by atoms with van der Waals surface area (Å²) in [6.07, 6.45) is 2.72. The van der Waals surface area contributed by atoms with Gasteiger partial charge in [-0.1, -0.05) is 86.0 Å². The lowest BCUT2D eigenvalue weighted by Gasteiger charge is -2.40. The van der Waals surface area contributed by atoms with Crippen LogP contribution in [0.3, 0.4) is 0 Å². The lowest BCUT2D eigenvalue weighted by atomic mass is 9.82. The number of aliphatic hydroxyl groups is 9. The predicted molar refractivity (Wildman–Crippen MR) is 371 cm³/mol. The summed E-state index contributed by atoms with van der Waals surface area (Å²) < 4.78 is 59.0. The third-order valence-electron chi connectivity index (χ3n) is 18.0. The summed E-state index contributed by atoms with van der Waals surface area (Å²) >= 11 is 0. The third-order valence-corrected chi connectivity index (χ3v) is 18.9. The Hall–Kier alpha value is -3.22. The van der Waals surface area contributed by atoms with Gasteiger partial charge in [0, 0.05) is 122 Å². The molecular formula is C68H133N6O25P. The Morgan fingerprint density at radius 2 is 0.750 bits per heavy atom. The van der Waals surface area contributed by atoms with Gasteiger partial charge in [0.1, 0.15) is 36.6 Å². The molecule has 0 aromatic rings. The zero-order chi connectivity index (χ0) is 74.7. The van der Waals surface area contributed by atoms with Gasteiger partial charge in [-0.2, -0.15) is 0 Å². The number of nitrogens with one attached hydrogen (secondary N) is 5. The predicted octanol–water partition coefficient (Wildman–Crippen LogP) is 2.50. The second kappa shape index (κ2) is 57.1. The summed E-state index contributed by atoms with van der Waals surface area (Å²) in [5, 5.41) is 105. The van der Waals surface area contributed by atoms with Gasteiger partial charge >= 0.3 is 7.82 Å². The number of rotatable bonds is 54. The summed E-state index contributed by atoms with van der Waals surface area (Å²) in [4.78, 5) is 75.4. The van der Waals surface area contributed by atoms with Gasteiger partial charge in [-0.15, -0.1) is 0 Å². The van der Waals surface area contributed by atoms with Crippen LogP contribution in [0.4, 0.5) is 0 Å². The Kier molecular flexibility index (Phi) is 54.1. The number of phosphoric acid groups is 1. The van der Waals surface area contributed by atoms with E-state index in [1.165, 1.54) is 0 Å². The van der Waals surface area contributed by atoms with Crippen LogP contribution in [0.5, 0.6) is 0 Å². The maximum absolute atomic E-state index is 13.8. The smallest absolute Gasteiger partial charge is 0.394 e. The van der Waals surface area contributed by atoms with Crippen LogP contribution in [0, 0.1) is 17.8 Å². The van der Waals surface area contributed by atoms with E-state index in [1.54, 1.807) is 27.9 Å². The van der Waals surface area contributed by atoms with Crippen molar-refractivity contribution in [1.29, 1.82) is 0 Å². The van der Waals surface area contributed by atoms with Crippen LogP contribution in [0.1, 0.15) is 208 Å². The summed E-state index contributed by atoms with van der Waals surface area (Å²) in [6, 6.07) is 0. The maximum atomic E-state index is 13.8. The van der Waals surface area contributed by atoms with Gasteiger partial charge in [0.2, 0.25) is 29.5 Å². The lowest BCUT2D eigenvalue weighted by molar-refractivity contribution is -0.282. The number of methoxy groups -OCH3 is 1. The Bertz CT molecular complexity index is 2100. The zero-order valence-corrected chi connectivity index (χ0v) is 62.0. The molecule has 100 heavy (non-hydrogen) atoms. The average molecular weight is 1470 g/mol. The summed E-state index contributed by atoms with van der Waals surface area (Å²) in [5.41, 5.74) is 4.23. The van der Waals surface area contributed by atoms with Crippen molar-refractivity contribution in [3.05, 3.63) is 0 Å². The number of nitrogens with two attached hydrogens (primary N) is 1. The number of carbonyl (C=O) groups excluding carboxylic acids is 5. The SMILES string of the molecule is CC.COCCCNC(=O)CCCC(=O)NC(CCCC(=O)NCCCCCCOC1OC(CO)C(O)C(O)C1C)(CCC(=O)NCCCCCCOC1OC(CO)C(O)C(O)C1C)CCC(=O)NCCCCCCOC1OC(CO)C(O)C(O)C1C.COP(=O)(O)OCCCCCCN. The normalized spacial score (nSPS) is 26.3. The molecular weight excluding hydrogens is 1330 g/mol. The van der Waals surface area contributed by atoms with Crippen LogP contribution in [0.25, 0.3) is 0 Å². The van der Waals surface area contributed by atoms with E-state index in [0.717, 1.165) is 71.3 Å². The number of unbranched alkanes of at least 4 members (excludes halogenated alkanes) is 12. The first-order chi connectivity index (χ1) is 47.9. The largest absolute Gasteiger partial charge is 0.471 e. The Morgan fingerprint density at radius 1 is 0.420 bits per heavy atom. The molecule has 3 rings (SSSR count). The topological polar surface area (TPSA) is 474 Å². The number of aliphatic hydroxyl groups excluding tert-OH is 9. The van der Waals surface area contributed by atoms with Crippen molar-refractivity contribution in [2.45, 2.75) is 287 Å². The molecule has 16 atom stereocenters. The highest BCUT2D eigenvalue weighted by molar-refractivity contribution is 7.47. The highest BCUT2D eigenvalue weighted by Crippen LogP contribution is 2.42. The van der Waals surface area contributed by atoms with Crippen molar-refractivity contribution < 1.29 is 122 Å². The van der Waals surface area contributed by atoms with Crippen molar-refractivity contribution in [3.63, 3.8) is 0 Å². The number of carbonyl (C=O) groups is 5. The standard InChI is InChI=1S/C59H109N5O21.C7H18NO4P.C2H6/c1-39-50(73)53(76)42(36-65)83-56(39)80-33-14-8-5-11-28-60-46(69)22-18-25-59(64-49(72)21-17-20-45(68)63-31-19-32-79-4,26-23-47(70)61-29-12-6-9-15-34-81-57-40(2)51(74)54(77)43(37-66)84-57)27-24-48(71)62-30-13-7-10-16-35-82-58-41(3)52(75)55(78)44(38-67)85-58;1-11-13(9,10)12-7-5-3-2-4-6-8;1-2/h39-44,50-58,65-67,73-78H,5-38H2,1-4H3,(H,60,69)(H,61,70)(H,62,71)(H,63,68)(H,64,72);2-8H2,1H3,(H,9,10);1-2H3. The minimum Gasteiger partial charge on any atom is -0.394 e. The van der Waals surface area contributed by atoms with Crippen molar-refractivity contribution >= 4 is 37.4 Å². The van der Waals surface area contributed by atoms with Gasteiger partial charge < -0.3 is 116 Å². The van der Waals surface area contributed by atoms with E-state index in [0.29, 0.717) is 111 Å². The van der Waals surface area contributed by atoms with Gasteiger partial charge in [-0.3, -0.25) is 33.0 Å². The van der Waals surface area contributed by atoms with Gasteiger partial charge in [-0.05, 0) is 96.4 Å². The van der Waals surface area contributed by atoms with Gasteiger partial charge in [0.25, 0.3) is 0 Å². The average Bonchev–Trinajstić information content (AvgIpc) is 0.851. The molecule has 0 aromatic carbocycles. The van der Waals surface area contributed by atoms with Crippen LogP contribution >= 0.6 is 7.82 Å². The molecule has 0 aliphatic carbocycles. The van der Waals surface area contributed by atoms with Crippen LogP contribution in [0.15, 0.2) is 0 Å². The Labute approximate surface area is 594 Å². The van der Waals surface area contributed by atoms with Crippen molar-refractivity contribution in [2.24, 2.45) is 23.5 Å². The maximum Gasteiger partial charge on any atom is 0.471 e. The molecule has 3 heterocycles. The fraction of sp³-hybridized carbons (Fsp3) is 0.926. The molecule has 3 aliphatic heterocycles. The third kappa shape index (κ3) is 40.3. The lowest BCUT2D eigenvalue weighted by Crippen LogP contribution is -2.55. The molecule has 17 N–H and O–H groups in total. The number of amides is 5. The highest BCUT2D eigenvalue weighted by Gasteiger charge is 2.45. The molecule has 32 heteroatoms. The molecule has 590 valence electrons. The van der Waals surface area contributed by atoms with Crippen molar-refractivity contribution in [1.82, 2.24) is 26.6 Å². The molecule has 0 bridgehead atoms. The molecule has 0 spiro atoms. The van der Waals surface area contributed by atoms with E-state index >= 15 is 0 Å². The van der Waals surface area contributed by atoms with Crippen LogP contribution in [0.2, 0.25) is 0 Å². The quantitative estimate of drug-likeness (QED) is 0.0307. The molecule has 3 fully saturated rings. The first-order valence-corrected chi connectivity index (χ1v) is 38.3. The van der Waals surface area contributed by atoms with Gasteiger partial charge in [0.15, 0.2) is 18.9 Å². The van der Waals surface area contributed by atoms with Crippen molar-refractivity contribution in [3.8, 4) is 0 Å². The van der Waals surface area contributed by atoms with E-state index in [4.69, 9.17) is 43.8 Å². The first kappa shape index (κ1) is 94.8. The fourth-order valence-electron chi connectivity index (χ4n) is 11.5. The first-order valence-electron chi connectivity index (χ1n) is 36.8. The van der Waals surface area contributed by atoms with Gasteiger partial charge in [0.05, 0.1) is 44.7 Å². The van der Waals surface area contributed by atoms with E-state index in [1.807, 2.05) is 13.8 Å². The number of ether oxygens (including phenoxy) is 7. The Morgan fingerprint density at radius 3 is 1.11 bits per heavy atom. The van der Waals surface area contributed by atoms with Crippen LogP contribution in [-0.2, 0) is 70.7 Å². The van der Waals surface area contributed by atoms with Crippen LogP contribution in [-0.4, -0.2) is 260 Å². The van der Waals surface area contributed by atoms with Gasteiger partial charge in [-0.25, -0.2) is 4.57 Å². The molecule has 5 amide bonds. The second-order valence-corrected chi connectivity index (χ2v) is 27.6. The molecule has 0 aromatic heterocycles. The zero-order valence-electron chi connectivity index (χ0n) is 61.1. The minimum absolute atomic E-state index is 0.0151. The number of hydrogen-bond acceptors (Lipinski definition) is 25. The van der Waals surface area contributed by atoms with E-state index in [-0.39, 0.29) is 93.9 Å². The minimum atomic E-state index is -3.75. The summed E-state index contributed by atoms with van der Waals surface area (Å²) in [7, 11) is -1.03. The molecule has 31 nitrogen and oxygen atoms in total. The molecule has 0 saturated carbocycles. The van der Waals surface area contributed by atoms with E-state index < -0.39 is 125 Å². The Balaban J connectivity index is 0.00000297. The second-order valence-electron chi connectivity index (χ2n) is 26.0. The number of phosphoric ester groups is 1. The molecule has 0 radical (unpaired) electrons. The number of hydrogen-bond donors (Lipinski definition) is 16. The molecule has 16 unspecified atom stereocenters. The highest BCUT2D eigenvalue weighted by atomic mass is 31.2. The fourth-order valence-corrected chi connectivity index (χ4v) is 12.0. The van der Waals surface area contributed by atoms with Crippen LogP contribution < -0.4 is 32.3 Å². The summed E-state index contributed by atoms with van der Waals surface area (Å²) in [5.74, 6) is -2.68. The van der Waals surface area contributed by atoms with Crippen molar-refractivity contribution in [2.75, 3.05) is 99.8 Å². The summed E-state index contributed by atoms with van der Waals surface area (Å²) in [6.45, 7) is 11.9. The van der Waals surface area contributed by atoms with E-state index in [9.17, 15) is 74.5 Å². The monoisotopic (exact) mass is 1460 g/mol.